The number of aromatic hydroxyl groups is 1. The number of benzene rings is 1. The van der Waals surface area contributed by atoms with Crippen molar-refractivity contribution in [2.75, 3.05) is 6.61 Å². The number of phenolic OH excluding ortho intramolecular Hbond substituents is 1. The number of phenols is 1. The van der Waals surface area contributed by atoms with Crippen LogP contribution in [0.3, 0.4) is 0 Å². The largest absolute Gasteiger partial charge is 0.508 e. The minimum Gasteiger partial charge on any atom is -0.508 e. The fourth-order valence-electron chi connectivity index (χ4n) is 2.55. The summed E-state index contributed by atoms with van der Waals surface area (Å²) in [5.41, 5.74) is 0.508. The zero-order valence-electron chi connectivity index (χ0n) is 13.3. The van der Waals surface area contributed by atoms with Gasteiger partial charge >= 0.3 is 11.9 Å². The van der Waals surface area contributed by atoms with Gasteiger partial charge in [0.2, 0.25) is 0 Å². The maximum Gasteiger partial charge on any atom is 0.303 e. The molecule has 2 rings (SSSR count). The van der Waals surface area contributed by atoms with Gasteiger partial charge in [0.1, 0.15) is 36.8 Å². The molecule has 5 atom stereocenters. The Hall–Kier alpha value is -2.16. The molecule has 8 heteroatoms. The molecule has 1 saturated heterocycles. The number of esters is 2. The van der Waals surface area contributed by atoms with Crippen molar-refractivity contribution in [1.82, 2.24) is 0 Å². The number of carbonyl (C=O) groups excluding carboxylic acids is 2. The molecular formula is C16H20O8. The molecule has 1 aliphatic rings. The number of ether oxygens (including phenoxy) is 3. The summed E-state index contributed by atoms with van der Waals surface area (Å²) in [6.07, 6.45) is -5.86. The number of hydrogen-bond donors (Lipinski definition) is 3. The van der Waals surface area contributed by atoms with Crippen LogP contribution < -0.4 is 0 Å². The molecule has 1 fully saturated rings. The molecule has 1 aliphatic heterocycles. The predicted molar refractivity (Wildman–Crippen MR) is 79.9 cm³/mol. The Morgan fingerprint density at radius 2 is 1.71 bits per heavy atom. The average Bonchev–Trinajstić information content (AvgIpc) is 2.52. The number of carbonyl (C=O) groups is 2. The lowest BCUT2D eigenvalue weighted by Gasteiger charge is -2.42. The van der Waals surface area contributed by atoms with Crippen molar-refractivity contribution in [3.63, 3.8) is 0 Å². The predicted octanol–water partition coefficient (Wildman–Crippen LogP) is 0.0487. The number of rotatable bonds is 4. The number of aliphatic hydroxyl groups excluding tert-OH is 2. The first-order valence-electron chi connectivity index (χ1n) is 7.40. The fraction of sp³-hybridized carbons (Fsp3) is 0.500. The van der Waals surface area contributed by atoms with Crippen LogP contribution in [0, 0.1) is 0 Å². The highest BCUT2D eigenvalue weighted by molar-refractivity contribution is 5.66. The van der Waals surface area contributed by atoms with Gasteiger partial charge in [0.25, 0.3) is 0 Å². The van der Waals surface area contributed by atoms with Gasteiger partial charge in [-0.1, -0.05) is 12.1 Å². The van der Waals surface area contributed by atoms with Crippen molar-refractivity contribution in [2.45, 2.75) is 44.4 Å². The lowest BCUT2D eigenvalue weighted by atomic mass is 9.91. The van der Waals surface area contributed by atoms with Gasteiger partial charge in [-0.2, -0.15) is 0 Å². The summed E-state index contributed by atoms with van der Waals surface area (Å²) in [6.45, 7) is 2.13. The Morgan fingerprint density at radius 1 is 1.08 bits per heavy atom. The zero-order valence-corrected chi connectivity index (χ0v) is 13.3. The summed E-state index contributed by atoms with van der Waals surface area (Å²) in [6, 6.07) is 5.89. The third-order valence-corrected chi connectivity index (χ3v) is 3.66. The van der Waals surface area contributed by atoms with Crippen molar-refractivity contribution in [2.24, 2.45) is 0 Å². The van der Waals surface area contributed by atoms with E-state index in [1.807, 2.05) is 0 Å². The van der Waals surface area contributed by atoms with E-state index in [4.69, 9.17) is 14.2 Å². The maximum absolute atomic E-state index is 11.2. The van der Waals surface area contributed by atoms with E-state index in [1.165, 1.54) is 31.2 Å². The lowest BCUT2D eigenvalue weighted by Crippen LogP contribution is -2.57. The van der Waals surface area contributed by atoms with Gasteiger partial charge in [-0.3, -0.25) is 9.59 Å². The van der Waals surface area contributed by atoms with E-state index < -0.39 is 42.5 Å². The van der Waals surface area contributed by atoms with Crippen LogP contribution in [-0.2, 0) is 23.8 Å². The second-order valence-electron chi connectivity index (χ2n) is 5.54. The van der Waals surface area contributed by atoms with E-state index in [9.17, 15) is 24.9 Å². The number of hydrogen-bond acceptors (Lipinski definition) is 8. The fourth-order valence-corrected chi connectivity index (χ4v) is 2.55. The quantitative estimate of drug-likeness (QED) is 0.657. The number of aliphatic hydroxyl groups is 2. The Bertz CT molecular complexity index is 584. The summed E-state index contributed by atoms with van der Waals surface area (Å²) in [5.74, 6) is -1.17. The smallest absolute Gasteiger partial charge is 0.303 e. The first-order chi connectivity index (χ1) is 11.3. The van der Waals surface area contributed by atoms with Crippen molar-refractivity contribution < 1.29 is 39.1 Å². The first kappa shape index (κ1) is 18.2. The summed E-state index contributed by atoms with van der Waals surface area (Å²) in [4.78, 5) is 22.3. The molecule has 0 bridgehead atoms. The van der Waals surface area contributed by atoms with Crippen molar-refractivity contribution in [3.8, 4) is 5.75 Å². The van der Waals surface area contributed by atoms with Crippen LogP contribution in [0.2, 0.25) is 0 Å². The van der Waals surface area contributed by atoms with E-state index in [-0.39, 0.29) is 12.4 Å². The standard InChI is InChI=1S/C16H20O8/c1-8(17)22-7-12-16(23-9(2)18)14(21)13(20)15(24-12)10-3-5-11(19)6-4-10/h3-6,12-16,19-21H,7H2,1-2H3. The van der Waals surface area contributed by atoms with Crippen molar-refractivity contribution in [1.29, 1.82) is 0 Å². The van der Waals surface area contributed by atoms with Crippen LogP contribution in [0.1, 0.15) is 25.5 Å². The van der Waals surface area contributed by atoms with Gasteiger partial charge in [0, 0.05) is 13.8 Å². The molecule has 1 heterocycles. The normalized spacial score (nSPS) is 29.8. The molecule has 0 spiro atoms. The molecular weight excluding hydrogens is 320 g/mol. The summed E-state index contributed by atoms with van der Waals surface area (Å²) in [7, 11) is 0. The molecule has 1 aromatic carbocycles. The van der Waals surface area contributed by atoms with Gasteiger partial charge in [0.15, 0.2) is 6.10 Å². The third-order valence-electron chi connectivity index (χ3n) is 3.66. The molecule has 24 heavy (non-hydrogen) atoms. The van der Waals surface area contributed by atoms with Crippen LogP contribution in [0.4, 0.5) is 0 Å². The molecule has 0 aliphatic carbocycles. The molecule has 0 aromatic heterocycles. The second kappa shape index (κ2) is 7.61. The Kier molecular flexibility index (Phi) is 5.76. The van der Waals surface area contributed by atoms with Crippen LogP contribution in [-0.4, -0.2) is 58.3 Å². The highest BCUT2D eigenvalue weighted by atomic mass is 16.6. The van der Waals surface area contributed by atoms with Gasteiger partial charge < -0.3 is 29.5 Å². The highest BCUT2D eigenvalue weighted by Gasteiger charge is 2.47. The highest BCUT2D eigenvalue weighted by Crippen LogP contribution is 2.34. The van der Waals surface area contributed by atoms with Crippen molar-refractivity contribution in [3.05, 3.63) is 29.8 Å². The summed E-state index contributed by atoms with van der Waals surface area (Å²) >= 11 is 0. The molecule has 0 amide bonds. The van der Waals surface area contributed by atoms with Gasteiger partial charge in [-0.25, -0.2) is 0 Å². The van der Waals surface area contributed by atoms with Crippen LogP contribution in [0.5, 0.6) is 5.75 Å². The van der Waals surface area contributed by atoms with E-state index in [2.05, 4.69) is 0 Å². The van der Waals surface area contributed by atoms with Crippen LogP contribution >= 0.6 is 0 Å². The van der Waals surface area contributed by atoms with Crippen LogP contribution in [0.15, 0.2) is 24.3 Å². The summed E-state index contributed by atoms with van der Waals surface area (Å²) < 4.78 is 15.6. The lowest BCUT2D eigenvalue weighted by molar-refractivity contribution is -0.242. The molecule has 1 aromatic rings. The minimum atomic E-state index is -1.43. The van der Waals surface area contributed by atoms with E-state index in [0.717, 1.165) is 6.92 Å². The second-order valence-corrected chi connectivity index (χ2v) is 5.54. The van der Waals surface area contributed by atoms with E-state index >= 15 is 0 Å². The zero-order chi connectivity index (χ0) is 17.9. The third kappa shape index (κ3) is 4.22. The Morgan fingerprint density at radius 3 is 2.25 bits per heavy atom. The van der Waals surface area contributed by atoms with Crippen LogP contribution in [0.25, 0.3) is 0 Å². The van der Waals surface area contributed by atoms with Crippen molar-refractivity contribution >= 4 is 11.9 Å². The molecule has 8 nitrogen and oxygen atoms in total. The van der Waals surface area contributed by atoms with Gasteiger partial charge in [-0.15, -0.1) is 0 Å². The molecule has 0 saturated carbocycles. The maximum atomic E-state index is 11.2. The SMILES string of the molecule is CC(=O)OCC1OC(c2ccc(O)cc2)C(O)C(O)C1OC(C)=O. The molecule has 3 N–H and O–H groups in total. The molecule has 5 unspecified atom stereocenters. The monoisotopic (exact) mass is 340 g/mol. The topological polar surface area (TPSA) is 123 Å². The first-order valence-corrected chi connectivity index (χ1v) is 7.40. The van der Waals surface area contributed by atoms with E-state index in [0.29, 0.717) is 5.56 Å². The van der Waals surface area contributed by atoms with Gasteiger partial charge in [-0.05, 0) is 17.7 Å². The Balaban J connectivity index is 2.24. The average molecular weight is 340 g/mol. The molecule has 0 radical (unpaired) electrons. The van der Waals surface area contributed by atoms with E-state index in [1.54, 1.807) is 0 Å². The van der Waals surface area contributed by atoms with Gasteiger partial charge in [0.05, 0.1) is 0 Å². The minimum absolute atomic E-state index is 0.0406. The Labute approximate surface area is 138 Å². The summed E-state index contributed by atoms with van der Waals surface area (Å²) in [5, 5.41) is 30.0. The molecule has 132 valence electrons.